The molecule has 0 saturated carbocycles. The predicted molar refractivity (Wildman–Crippen MR) is 47.9 cm³/mol. The van der Waals surface area contributed by atoms with E-state index in [4.69, 9.17) is 5.73 Å². The van der Waals surface area contributed by atoms with E-state index in [2.05, 4.69) is 28.1 Å². The second-order valence-electron chi connectivity index (χ2n) is 2.10. The molecule has 1 rings (SSSR count). The van der Waals surface area contributed by atoms with Crippen LogP contribution in [0, 0.1) is 0 Å². The number of nitrogens with zero attached hydrogens (tertiary/aromatic N) is 3. The van der Waals surface area contributed by atoms with E-state index in [1.807, 2.05) is 0 Å². The van der Waals surface area contributed by atoms with E-state index in [0.29, 0.717) is 5.13 Å². The molecule has 5 heteroatoms. The molecular formula is C6H12N4S. The third-order valence-corrected chi connectivity index (χ3v) is 2.01. The lowest BCUT2D eigenvalue weighted by atomic mass is 10.5. The second-order valence-corrected chi connectivity index (χ2v) is 2.89. The standard InChI is InChI=1S/C6H12N4S/c1-3-10(4-2)6-8-5(7)11-9-6/h3-4H2,1-2H3,(H2,7,8,9). The zero-order chi connectivity index (χ0) is 8.27. The van der Waals surface area contributed by atoms with Gasteiger partial charge in [-0.25, -0.2) is 0 Å². The van der Waals surface area contributed by atoms with Gasteiger partial charge >= 0.3 is 0 Å². The van der Waals surface area contributed by atoms with Crippen LogP contribution in [0.25, 0.3) is 0 Å². The molecule has 0 fully saturated rings. The smallest absolute Gasteiger partial charge is 0.239 e. The van der Waals surface area contributed by atoms with Crippen molar-refractivity contribution in [2.45, 2.75) is 13.8 Å². The molecule has 0 saturated heterocycles. The Morgan fingerprint density at radius 2 is 2.09 bits per heavy atom. The zero-order valence-corrected chi connectivity index (χ0v) is 7.56. The van der Waals surface area contributed by atoms with Crippen LogP contribution in [-0.2, 0) is 0 Å². The molecule has 0 spiro atoms. The number of hydrogen-bond acceptors (Lipinski definition) is 5. The Morgan fingerprint density at radius 3 is 2.45 bits per heavy atom. The molecule has 0 unspecified atom stereocenters. The Bertz CT molecular complexity index is 218. The first-order chi connectivity index (χ1) is 5.27. The summed E-state index contributed by atoms with van der Waals surface area (Å²) in [7, 11) is 0. The van der Waals surface area contributed by atoms with E-state index in [0.717, 1.165) is 19.0 Å². The molecular weight excluding hydrogens is 160 g/mol. The van der Waals surface area contributed by atoms with Gasteiger partial charge in [-0.2, -0.15) is 9.36 Å². The third-order valence-electron chi connectivity index (χ3n) is 1.48. The lowest BCUT2D eigenvalue weighted by Gasteiger charge is -2.14. The van der Waals surface area contributed by atoms with Gasteiger partial charge in [-0.1, -0.05) is 0 Å². The molecule has 2 N–H and O–H groups in total. The Balaban J connectivity index is 2.73. The molecule has 4 nitrogen and oxygen atoms in total. The lowest BCUT2D eigenvalue weighted by molar-refractivity contribution is 0.835. The molecule has 0 atom stereocenters. The molecule has 0 amide bonds. The van der Waals surface area contributed by atoms with Gasteiger partial charge in [-0.05, 0) is 13.8 Å². The minimum Gasteiger partial charge on any atom is -0.374 e. The van der Waals surface area contributed by atoms with Crippen LogP contribution in [0.15, 0.2) is 0 Å². The van der Waals surface area contributed by atoms with E-state index < -0.39 is 0 Å². The summed E-state index contributed by atoms with van der Waals surface area (Å²) in [6.07, 6.45) is 0. The molecule has 1 aromatic heterocycles. The number of aromatic nitrogens is 2. The highest BCUT2D eigenvalue weighted by atomic mass is 32.1. The Morgan fingerprint density at radius 1 is 1.45 bits per heavy atom. The fourth-order valence-corrected chi connectivity index (χ4v) is 1.32. The fraction of sp³-hybridized carbons (Fsp3) is 0.667. The van der Waals surface area contributed by atoms with E-state index in [-0.39, 0.29) is 0 Å². The zero-order valence-electron chi connectivity index (χ0n) is 6.74. The number of nitrogens with two attached hydrogens (primary N) is 1. The van der Waals surface area contributed by atoms with Crippen molar-refractivity contribution < 1.29 is 0 Å². The van der Waals surface area contributed by atoms with Gasteiger partial charge in [0.15, 0.2) is 0 Å². The summed E-state index contributed by atoms with van der Waals surface area (Å²) in [6, 6.07) is 0. The molecule has 0 aliphatic carbocycles. The van der Waals surface area contributed by atoms with Crippen LogP contribution in [0.5, 0.6) is 0 Å². The maximum absolute atomic E-state index is 5.44. The van der Waals surface area contributed by atoms with Crippen LogP contribution in [0.1, 0.15) is 13.8 Å². The summed E-state index contributed by atoms with van der Waals surface area (Å²) in [6.45, 7) is 5.99. The first kappa shape index (κ1) is 8.26. The molecule has 0 bridgehead atoms. The SMILES string of the molecule is CCN(CC)c1nsc(N)n1. The number of hydrogen-bond donors (Lipinski definition) is 1. The van der Waals surface area contributed by atoms with E-state index in [1.165, 1.54) is 11.5 Å². The monoisotopic (exact) mass is 172 g/mol. The molecule has 0 aromatic carbocycles. The van der Waals surface area contributed by atoms with Gasteiger partial charge in [0.2, 0.25) is 11.1 Å². The summed E-state index contributed by atoms with van der Waals surface area (Å²) in [5, 5.41) is 0.534. The summed E-state index contributed by atoms with van der Waals surface area (Å²) in [5.41, 5.74) is 5.44. The average Bonchev–Trinajstić information content (AvgIpc) is 2.39. The van der Waals surface area contributed by atoms with Crippen molar-refractivity contribution >= 4 is 22.6 Å². The van der Waals surface area contributed by atoms with Crippen LogP contribution in [0.4, 0.5) is 11.1 Å². The predicted octanol–water partition coefficient (Wildman–Crippen LogP) is 0.966. The van der Waals surface area contributed by atoms with Crippen molar-refractivity contribution in [2.75, 3.05) is 23.7 Å². The first-order valence-electron chi connectivity index (χ1n) is 3.62. The minimum atomic E-state index is 0.534. The van der Waals surface area contributed by atoms with E-state index >= 15 is 0 Å². The van der Waals surface area contributed by atoms with Crippen LogP contribution >= 0.6 is 11.5 Å². The third kappa shape index (κ3) is 1.80. The van der Waals surface area contributed by atoms with Crippen molar-refractivity contribution in [3.63, 3.8) is 0 Å². The van der Waals surface area contributed by atoms with Gasteiger partial charge in [-0.15, -0.1) is 0 Å². The Kier molecular flexibility index (Phi) is 2.64. The average molecular weight is 172 g/mol. The highest BCUT2D eigenvalue weighted by Crippen LogP contribution is 2.13. The maximum Gasteiger partial charge on any atom is 0.239 e. The summed E-state index contributed by atoms with van der Waals surface area (Å²) < 4.78 is 4.09. The number of nitrogen functional groups attached to an aromatic ring is 1. The first-order valence-corrected chi connectivity index (χ1v) is 4.39. The van der Waals surface area contributed by atoms with Gasteiger partial charge in [0.25, 0.3) is 0 Å². The van der Waals surface area contributed by atoms with Crippen molar-refractivity contribution in [3.8, 4) is 0 Å². The number of rotatable bonds is 3. The van der Waals surface area contributed by atoms with Crippen LogP contribution < -0.4 is 10.6 Å². The summed E-state index contributed by atoms with van der Waals surface area (Å²) in [5.74, 6) is 0.748. The normalized spacial score (nSPS) is 10.0. The van der Waals surface area contributed by atoms with Crippen molar-refractivity contribution in [2.24, 2.45) is 0 Å². The van der Waals surface area contributed by atoms with Crippen LogP contribution in [0.3, 0.4) is 0 Å². The molecule has 1 heterocycles. The van der Waals surface area contributed by atoms with Crippen molar-refractivity contribution in [1.29, 1.82) is 0 Å². The van der Waals surface area contributed by atoms with Gasteiger partial charge in [0, 0.05) is 24.6 Å². The van der Waals surface area contributed by atoms with Gasteiger partial charge < -0.3 is 10.6 Å². The molecule has 11 heavy (non-hydrogen) atoms. The Hall–Kier alpha value is -0.840. The highest BCUT2D eigenvalue weighted by Gasteiger charge is 2.06. The molecule has 1 aromatic rings. The largest absolute Gasteiger partial charge is 0.374 e. The molecule has 62 valence electrons. The van der Waals surface area contributed by atoms with Crippen LogP contribution in [-0.4, -0.2) is 22.4 Å². The highest BCUT2D eigenvalue weighted by molar-refractivity contribution is 7.09. The Labute approximate surface area is 70.2 Å². The second kappa shape index (κ2) is 3.52. The minimum absolute atomic E-state index is 0.534. The summed E-state index contributed by atoms with van der Waals surface area (Å²) >= 11 is 1.24. The van der Waals surface area contributed by atoms with E-state index in [9.17, 15) is 0 Å². The van der Waals surface area contributed by atoms with Crippen LogP contribution in [0.2, 0.25) is 0 Å². The van der Waals surface area contributed by atoms with Gasteiger partial charge in [-0.3, -0.25) is 0 Å². The topological polar surface area (TPSA) is 55.0 Å². The maximum atomic E-state index is 5.44. The lowest BCUT2D eigenvalue weighted by Crippen LogP contribution is -2.22. The van der Waals surface area contributed by atoms with E-state index in [1.54, 1.807) is 0 Å². The molecule has 0 aliphatic heterocycles. The fourth-order valence-electron chi connectivity index (χ4n) is 0.862. The van der Waals surface area contributed by atoms with Gasteiger partial charge in [0.1, 0.15) is 0 Å². The number of anilines is 2. The molecule has 0 aliphatic rings. The van der Waals surface area contributed by atoms with Crippen molar-refractivity contribution in [3.05, 3.63) is 0 Å². The van der Waals surface area contributed by atoms with Crippen molar-refractivity contribution in [1.82, 2.24) is 9.36 Å². The quantitative estimate of drug-likeness (QED) is 0.738. The molecule has 0 radical (unpaired) electrons. The van der Waals surface area contributed by atoms with Gasteiger partial charge in [0.05, 0.1) is 0 Å². The summed E-state index contributed by atoms with van der Waals surface area (Å²) in [4.78, 5) is 6.13.